The standard InChI is InChI=1S/C15H22N2O3/c1-3-17-14(18)10-16-9-12(2)15(19)20-11-13-7-5-4-6-8-13/h4-8,12,16H,3,9-11H2,1-2H3,(H,17,18). The minimum absolute atomic E-state index is 0.0719. The fraction of sp³-hybridized carbons (Fsp3) is 0.467. The number of likely N-dealkylation sites (N-methyl/N-ethyl adjacent to an activating group) is 1. The molecule has 1 aromatic rings. The summed E-state index contributed by atoms with van der Waals surface area (Å²) >= 11 is 0. The van der Waals surface area contributed by atoms with E-state index in [0.717, 1.165) is 5.56 Å². The third kappa shape index (κ3) is 6.33. The lowest BCUT2D eigenvalue weighted by Gasteiger charge is -2.12. The number of hydrogen-bond donors (Lipinski definition) is 2. The fourth-order valence-corrected chi connectivity index (χ4v) is 1.62. The van der Waals surface area contributed by atoms with Gasteiger partial charge in [-0.25, -0.2) is 0 Å². The highest BCUT2D eigenvalue weighted by atomic mass is 16.5. The number of ether oxygens (including phenoxy) is 1. The molecule has 1 rings (SSSR count). The predicted octanol–water partition coefficient (Wildman–Crippen LogP) is 1.09. The SMILES string of the molecule is CCNC(=O)CNCC(C)C(=O)OCc1ccccc1. The zero-order valence-corrected chi connectivity index (χ0v) is 12.0. The van der Waals surface area contributed by atoms with Crippen molar-refractivity contribution >= 4 is 11.9 Å². The van der Waals surface area contributed by atoms with Crippen LogP contribution in [0.25, 0.3) is 0 Å². The number of amides is 1. The molecule has 0 bridgehead atoms. The first-order chi connectivity index (χ1) is 9.63. The van der Waals surface area contributed by atoms with Gasteiger partial charge in [-0.1, -0.05) is 37.3 Å². The summed E-state index contributed by atoms with van der Waals surface area (Å²) in [6, 6.07) is 9.54. The summed E-state index contributed by atoms with van der Waals surface area (Å²) in [5.74, 6) is -0.622. The number of esters is 1. The van der Waals surface area contributed by atoms with Crippen LogP contribution < -0.4 is 10.6 Å². The maximum atomic E-state index is 11.8. The molecule has 0 radical (unpaired) electrons. The van der Waals surface area contributed by atoms with E-state index in [1.165, 1.54) is 0 Å². The van der Waals surface area contributed by atoms with E-state index in [2.05, 4.69) is 10.6 Å². The Kier molecular flexibility index (Phi) is 7.35. The van der Waals surface area contributed by atoms with Crippen molar-refractivity contribution in [1.29, 1.82) is 0 Å². The monoisotopic (exact) mass is 278 g/mol. The van der Waals surface area contributed by atoms with Crippen LogP contribution in [0.1, 0.15) is 19.4 Å². The smallest absolute Gasteiger partial charge is 0.310 e. The Morgan fingerprint density at radius 1 is 1.25 bits per heavy atom. The van der Waals surface area contributed by atoms with Gasteiger partial charge in [-0.05, 0) is 12.5 Å². The van der Waals surface area contributed by atoms with Crippen molar-refractivity contribution in [3.05, 3.63) is 35.9 Å². The second-order valence-corrected chi connectivity index (χ2v) is 4.58. The van der Waals surface area contributed by atoms with E-state index in [0.29, 0.717) is 13.1 Å². The van der Waals surface area contributed by atoms with Crippen LogP contribution in [0, 0.1) is 5.92 Å². The molecule has 1 atom stereocenters. The number of carbonyl (C=O) groups is 2. The normalized spacial score (nSPS) is 11.7. The van der Waals surface area contributed by atoms with Crippen LogP contribution >= 0.6 is 0 Å². The summed E-state index contributed by atoms with van der Waals surface area (Å²) in [7, 11) is 0. The third-order valence-electron chi connectivity index (χ3n) is 2.74. The van der Waals surface area contributed by atoms with E-state index < -0.39 is 0 Å². The highest BCUT2D eigenvalue weighted by molar-refractivity contribution is 5.78. The van der Waals surface area contributed by atoms with Crippen molar-refractivity contribution in [3.63, 3.8) is 0 Å². The van der Waals surface area contributed by atoms with Crippen LogP contribution in [-0.4, -0.2) is 31.5 Å². The van der Waals surface area contributed by atoms with Crippen molar-refractivity contribution in [2.24, 2.45) is 5.92 Å². The van der Waals surface area contributed by atoms with Crippen LogP contribution in [0.2, 0.25) is 0 Å². The molecule has 2 N–H and O–H groups in total. The molecule has 0 fully saturated rings. The van der Waals surface area contributed by atoms with Gasteiger partial charge in [-0.2, -0.15) is 0 Å². The van der Waals surface area contributed by atoms with Gasteiger partial charge in [-0.15, -0.1) is 0 Å². The lowest BCUT2D eigenvalue weighted by atomic mass is 10.2. The molecule has 0 saturated heterocycles. The highest BCUT2D eigenvalue weighted by Gasteiger charge is 2.14. The summed E-state index contributed by atoms with van der Waals surface area (Å²) < 4.78 is 5.22. The molecule has 1 unspecified atom stereocenters. The quantitative estimate of drug-likeness (QED) is 0.699. The Bertz CT molecular complexity index is 420. The van der Waals surface area contributed by atoms with Crippen LogP contribution in [0.5, 0.6) is 0 Å². The van der Waals surface area contributed by atoms with Gasteiger partial charge in [0.2, 0.25) is 5.91 Å². The molecule has 0 aliphatic carbocycles. The van der Waals surface area contributed by atoms with E-state index in [1.54, 1.807) is 6.92 Å². The summed E-state index contributed by atoms with van der Waals surface area (Å²) in [5, 5.41) is 5.61. The van der Waals surface area contributed by atoms with Crippen molar-refractivity contribution in [1.82, 2.24) is 10.6 Å². The fourth-order valence-electron chi connectivity index (χ4n) is 1.62. The van der Waals surface area contributed by atoms with Crippen LogP contribution in [0.4, 0.5) is 0 Å². The maximum Gasteiger partial charge on any atom is 0.310 e. The molecule has 0 heterocycles. The van der Waals surface area contributed by atoms with Crippen molar-refractivity contribution < 1.29 is 14.3 Å². The van der Waals surface area contributed by atoms with E-state index >= 15 is 0 Å². The molecule has 0 aliphatic rings. The van der Waals surface area contributed by atoms with E-state index in [-0.39, 0.29) is 30.9 Å². The third-order valence-corrected chi connectivity index (χ3v) is 2.74. The first-order valence-electron chi connectivity index (χ1n) is 6.81. The van der Waals surface area contributed by atoms with Crippen molar-refractivity contribution in [2.45, 2.75) is 20.5 Å². The van der Waals surface area contributed by atoms with Crippen LogP contribution in [0.3, 0.4) is 0 Å². The Balaban J connectivity index is 2.21. The van der Waals surface area contributed by atoms with E-state index in [1.807, 2.05) is 37.3 Å². The van der Waals surface area contributed by atoms with Crippen LogP contribution in [0.15, 0.2) is 30.3 Å². The zero-order valence-electron chi connectivity index (χ0n) is 12.0. The van der Waals surface area contributed by atoms with E-state index in [4.69, 9.17) is 4.74 Å². The Morgan fingerprint density at radius 2 is 1.95 bits per heavy atom. The summed E-state index contributed by atoms with van der Waals surface area (Å²) in [4.78, 5) is 23.0. The molecule has 110 valence electrons. The number of carbonyl (C=O) groups excluding carboxylic acids is 2. The predicted molar refractivity (Wildman–Crippen MR) is 77.0 cm³/mol. The van der Waals surface area contributed by atoms with Gasteiger partial charge in [0.15, 0.2) is 0 Å². The molecule has 1 amide bonds. The Labute approximate surface area is 119 Å². The largest absolute Gasteiger partial charge is 0.461 e. The lowest BCUT2D eigenvalue weighted by Crippen LogP contribution is -2.37. The average molecular weight is 278 g/mol. The van der Waals surface area contributed by atoms with Crippen molar-refractivity contribution in [3.8, 4) is 0 Å². The number of hydrogen-bond acceptors (Lipinski definition) is 4. The Hall–Kier alpha value is -1.88. The molecule has 1 aromatic carbocycles. The van der Waals surface area contributed by atoms with Gasteiger partial charge in [0, 0.05) is 13.1 Å². The topological polar surface area (TPSA) is 67.4 Å². The van der Waals surface area contributed by atoms with E-state index in [9.17, 15) is 9.59 Å². The summed E-state index contributed by atoms with van der Waals surface area (Å²) in [5.41, 5.74) is 0.961. The molecule has 0 spiro atoms. The minimum Gasteiger partial charge on any atom is -0.461 e. The average Bonchev–Trinajstić information content (AvgIpc) is 2.46. The first-order valence-corrected chi connectivity index (χ1v) is 6.81. The molecule has 20 heavy (non-hydrogen) atoms. The van der Waals surface area contributed by atoms with Crippen LogP contribution in [-0.2, 0) is 20.9 Å². The second kappa shape index (κ2) is 9.09. The molecule has 0 saturated carbocycles. The molecule has 5 nitrogen and oxygen atoms in total. The summed E-state index contributed by atoms with van der Waals surface area (Å²) in [6.07, 6.45) is 0. The molecule has 0 aromatic heterocycles. The maximum absolute atomic E-state index is 11.8. The summed E-state index contributed by atoms with van der Waals surface area (Å²) in [6.45, 7) is 5.16. The number of nitrogens with one attached hydrogen (secondary N) is 2. The molecular weight excluding hydrogens is 256 g/mol. The van der Waals surface area contributed by atoms with Gasteiger partial charge in [0.25, 0.3) is 0 Å². The van der Waals surface area contributed by atoms with Gasteiger partial charge < -0.3 is 15.4 Å². The number of rotatable bonds is 8. The van der Waals surface area contributed by atoms with Gasteiger partial charge >= 0.3 is 5.97 Å². The second-order valence-electron chi connectivity index (χ2n) is 4.58. The Morgan fingerprint density at radius 3 is 2.60 bits per heavy atom. The molecular formula is C15H22N2O3. The first kappa shape index (κ1) is 16.2. The number of benzene rings is 1. The zero-order chi connectivity index (χ0) is 14.8. The van der Waals surface area contributed by atoms with Gasteiger partial charge in [0.05, 0.1) is 12.5 Å². The lowest BCUT2D eigenvalue weighted by molar-refractivity contribution is -0.149. The minimum atomic E-state index is -0.284. The van der Waals surface area contributed by atoms with Gasteiger partial charge in [-0.3, -0.25) is 9.59 Å². The molecule has 5 heteroatoms. The van der Waals surface area contributed by atoms with Crippen molar-refractivity contribution in [2.75, 3.05) is 19.6 Å². The van der Waals surface area contributed by atoms with Gasteiger partial charge in [0.1, 0.15) is 6.61 Å². The molecule has 0 aliphatic heterocycles. The highest BCUT2D eigenvalue weighted by Crippen LogP contribution is 2.04.